The van der Waals surface area contributed by atoms with Gasteiger partial charge in [0.2, 0.25) is 5.95 Å². The number of nitrogens with zero attached hydrogens (tertiary/aromatic N) is 3. The normalized spacial score (nSPS) is 10.8. The molecule has 1 N–H and O–H groups in total. The van der Waals surface area contributed by atoms with Crippen LogP contribution in [0.15, 0.2) is 48.7 Å². The number of fused-ring (bicyclic) bond motifs is 1. The van der Waals surface area contributed by atoms with Crippen LogP contribution >= 0.6 is 0 Å². The van der Waals surface area contributed by atoms with Crippen LogP contribution in [0.1, 0.15) is 5.56 Å². The van der Waals surface area contributed by atoms with E-state index in [9.17, 15) is 4.39 Å². The number of nitrogens with one attached hydrogen (secondary N) is 1. The number of hydrogen-bond acceptors (Lipinski definition) is 3. The summed E-state index contributed by atoms with van der Waals surface area (Å²) in [6.45, 7) is 0.711. The molecule has 3 rings (SSSR count). The summed E-state index contributed by atoms with van der Waals surface area (Å²) < 4.78 is 14.5. The average Bonchev–Trinajstić information content (AvgIpc) is 2.83. The molecule has 19 heavy (non-hydrogen) atoms. The molecule has 96 valence electrons. The SMILES string of the molecule is Fc1ccc(CCNc2nc3ccccn3n2)cc1. The Hall–Kier alpha value is -2.43. The van der Waals surface area contributed by atoms with Gasteiger partial charge in [-0.1, -0.05) is 18.2 Å². The molecule has 1 aromatic carbocycles. The minimum absolute atomic E-state index is 0.210. The van der Waals surface area contributed by atoms with Gasteiger partial charge in [-0.25, -0.2) is 8.91 Å². The molecule has 0 saturated carbocycles. The van der Waals surface area contributed by atoms with E-state index in [-0.39, 0.29) is 5.82 Å². The maximum Gasteiger partial charge on any atom is 0.243 e. The van der Waals surface area contributed by atoms with E-state index in [0.717, 1.165) is 17.6 Å². The fraction of sp³-hybridized carbons (Fsp3) is 0.143. The first-order chi connectivity index (χ1) is 9.31. The highest BCUT2D eigenvalue weighted by Crippen LogP contribution is 2.06. The van der Waals surface area contributed by atoms with Crippen molar-refractivity contribution in [2.75, 3.05) is 11.9 Å². The van der Waals surface area contributed by atoms with Crippen LogP contribution in [-0.2, 0) is 6.42 Å². The van der Waals surface area contributed by atoms with Gasteiger partial charge in [0.15, 0.2) is 5.65 Å². The van der Waals surface area contributed by atoms with Crippen molar-refractivity contribution in [2.24, 2.45) is 0 Å². The minimum atomic E-state index is -0.210. The van der Waals surface area contributed by atoms with E-state index >= 15 is 0 Å². The molecule has 0 fully saturated rings. The number of benzene rings is 1. The number of hydrogen-bond donors (Lipinski definition) is 1. The van der Waals surface area contributed by atoms with Gasteiger partial charge in [-0.2, -0.15) is 4.98 Å². The number of anilines is 1. The van der Waals surface area contributed by atoms with Crippen molar-refractivity contribution in [3.05, 3.63) is 60.0 Å². The van der Waals surface area contributed by atoms with Gasteiger partial charge >= 0.3 is 0 Å². The molecular formula is C14H13FN4. The second-order valence-corrected chi connectivity index (χ2v) is 4.24. The lowest BCUT2D eigenvalue weighted by atomic mass is 10.1. The van der Waals surface area contributed by atoms with Crippen LogP contribution in [-0.4, -0.2) is 21.1 Å². The van der Waals surface area contributed by atoms with Gasteiger partial charge in [-0.05, 0) is 36.2 Å². The topological polar surface area (TPSA) is 42.2 Å². The Bertz CT molecular complexity index is 642. The smallest absolute Gasteiger partial charge is 0.243 e. The Labute approximate surface area is 109 Å². The molecule has 0 saturated heterocycles. The largest absolute Gasteiger partial charge is 0.353 e. The van der Waals surface area contributed by atoms with Gasteiger partial charge in [0.25, 0.3) is 0 Å². The molecular weight excluding hydrogens is 243 g/mol. The molecule has 0 aliphatic carbocycles. The minimum Gasteiger partial charge on any atom is -0.353 e. The van der Waals surface area contributed by atoms with E-state index in [1.807, 2.05) is 24.4 Å². The third-order valence-corrected chi connectivity index (χ3v) is 2.85. The standard InChI is InChI=1S/C14H13FN4/c15-12-6-4-11(5-7-12)8-9-16-14-17-13-3-1-2-10-19(13)18-14/h1-7,10H,8-9H2,(H,16,18). The summed E-state index contributed by atoms with van der Waals surface area (Å²) in [7, 11) is 0. The monoisotopic (exact) mass is 256 g/mol. The van der Waals surface area contributed by atoms with Crippen LogP contribution in [0.2, 0.25) is 0 Å². The van der Waals surface area contributed by atoms with Crippen LogP contribution in [0.4, 0.5) is 10.3 Å². The molecule has 0 atom stereocenters. The molecule has 2 heterocycles. The predicted octanol–water partition coefficient (Wildman–Crippen LogP) is 2.52. The molecule has 0 bridgehead atoms. The first-order valence-electron chi connectivity index (χ1n) is 6.11. The molecule has 0 amide bonds. The van der Waals surface area contributed by atoms with Crippen molar-refractivity contribution in [1.29, 1.82) is 0 Å². The predicted molar refractivity (Wildman–Crippen MR) is 71.6 cm³/mol. The summed E-state index contributed by atoms with van der Waals surface area (Å²) >= 11 is 0. The lowest BCUT2D eigenvalue weighted by molar-refractivity contribution is 0.627. The molecule has 0 spiro atoms. The van der Waals surface area contributed by atoms with E-state index in [1.165, 1.54) is 12.1 Å². The van der Waals surface area contributed by atoms with E-state index in [4.69, 9.17) is 0 Å². The lowest BCUT2D eigenvalue weighted by Gasteiger charge is -2.01. The van der Waals surface area contributed by atoms with Gasteiger partial charge in [0, 0.05) is 12.7 Å². The number of pyridine rings is 1. The molecule has 0 aliphatic heterocycles. The van der Waals surface area contributed by atoms with Crippen molar-refractivity contribution >= 4 is 11.6 Å². The highest BCUT2D eigenvalue weighted by Gasteiger charge is 2.01. The van der Waals surface area contributed by atoms with Crippen molar-refractivity contribution < 1.29 is 4.39 Å². The lowest BCUT2D eigenvalue weighted by Crippen LogP contribution is -2.06. The molecule has 3 aromatic rings. The van der Waals surface area contributed by atoms with Gasteiger partial charge in [0.1, 0.15) is 5.82 Å². The van der Waals surface area contributed by atoms with Crippen LogP contribution in [0, 0.1) is 5.82 Å². The highest BCUT2D eigenvalue weighted by atomic mass is 19.1. The third kappa shape index (κ3) is 2.70. The van der Waals surface area contributed by atoms with E-state index in [1.54, 1.807) is 16.6 Å². The molecule has 0 unspecified atom stereocenters. The number of halogens is 1. The number of aromatic nitrogens is 3. The maximum absolute atomic E-state index is 12.8. The second kappa shape index (κ2) is 5.06. The zero-order valence-corrected chi connectivity index (χ0v) is 10.3. The Morgan fingerprint density at radius 3 is 2.74 bits per heavy atom. The summed E-state index contributed by atoms with van der Waals surface area (Å²) in [4.78, 5) is 4.34. The van der Waals surface area contributed by atoms with Crippen LogP contribution in [0.3, 0.4) is 0 Å². The quantitative estimate of drug-likeness (QED) is 0.780. The van der Waals surface area contributed by atoms with Crippen LogP contribution < -0.4 is 5.32 Å². The Balaban J connectivity index is 1.61. The zero-order chi connectivity index (χ0) is 13.1. The average molecular weight is 256 g/mol. The number of rotatable bonds is 4. The first-order valence-corrected chi connectivity index (χ1v) is 6.11. The Morgan fingerprint density at radius 2 is 1.95 bits per heavy atom. The summed E-state index contributed by atoms with van der Waals surface area (Å²) in [5.74, 6) is 0.395. The van der Waals surface area contributed by atoms with Crippen molar-refractivity contribution in [2.45, 2.75) is 6.42 Å². The fourth-order valence-corrected chi connectivity index (χ4v) is 1.88. The fourth-order valence-electron chi connectivity index (χ4n) is 1.88. The van der Waals surface area contributed by atoms with E-state index < -0.39 is 0 Å². The van der Waals surface area contributed by atoms with E-state index in [2.05, 4.69) is 15.4 Å². The van der Waals surface area contributed by atoms with Gasteiger partial charge in [0.05, 0.1) is 0 Å². The highest BCUT2D eigenvalue weighted by molar-refractivity contribution is 5.42. The van der Waals surface area contributed by atoms with Crippen molar-refractivity contribution in [3.8, 4) is 0 Å². The van der Waals surface area contributed by atoms with E-state index in [0.29, 0.717) is 12.5 Å². The van der Waals surface area contributed by atoms with Gasteiger partial charge in [-0.3, -0.25) is 0 Å². The third-order valence-electron chi connectivity index (χ3n) is 2.85. The summed E-state index contributed by atoms with van der Waals surface area (Å²) in [5, 5.41) is 7.45. The molecule has 2 aromatic heterocycles. The molecule has 0 aliphatic rings. The maximum atomic E-state index is 12.8. The second-order valence-electron chi connectivity index (χ2n) is 4.24. The summed E-state index contributed by atoms with van der Waals surface area (Å²) in [6, 6.07) is 12.2. The molecule has 4 nitrogen and oxygen atoms in total. The Kier molecular flexibility index (Phi) is 3.10. The van der Waals surface area contributed by atoms with Gasteiger partial charge < -0.3 is 5.32 Å². The zero-order valence-electron chi connectivity index (χ0n) is 10.3. The van der Waals surface area contributed by atoms with Crippen LogP contribution in [0.5, 0.6) is 0 Å². The molecule has 0 radical (unpaired) electrons. The van der Waals surface area contributed by atoms with Crippen molar-refractivity contribution in [3.63, 3.8) is 0 Å². The summed E-state index contributed by atoms with van der Waals surface area (Å²) in [6.07, 6.45) is 2.66. The summed E-state index contributed by atoms with van der Waals surface area (Å²) in [5.41, 5.74) is 1.89. The molecule has 5 heteroatoms. The van der Waals surface area contributed by atoms with Crippen LogP contribution in [0.25, 0.3) is 5.65 Å². The van der Waals surface area contributed by atoms with Gasteiger partial charge in [-0.15, -0.1) is 5.10 Å². The Morgan fingerprint density at radius 1 is 1.11 bits per heavy atom. The first kappa shape index (κ1) is 11.6. The van der Waals surface area contributed by atoms with Crippen molar-refractivity contribution in [1.82, 2.24) is 14.6 Å².